The zero-order chi connectivity index (χ0) is 21.2. The lowest BCUT2D eigenvalue weighted by Crippen LogP contribution is -2.49. The molecule has 2 N–H and O–H groups in total. The van der Waals surface area contributed by atoms with Gasteiger partial charge in [0.05, 0.1) is 25.8 Å². The number of rotatable bonds is 8. The van der Waals surface area contributed by atoms with E-state index in [1.54, 1.807) is 12.1 Å². The Hall–Kier alpha value is -1.70. The van der Waals surface area contributed by atoms with Gasteiger partial charge in [0.25, 0.3) is 0 Å². The smallest absolute Gasteiger partial charge is 0.191 e. The van der Waals surface area contributed by atoms with Crippen LogP contribution in [0.15, 0.2) is 29.3 Å². The zero-order valence-corrected chi connectivity index (χ0v) is 18.6. The molecule has 0 saturated carbocycles. The molecular formula is C23H38FN5O. The maximum atomic E-state index is 13.9. The van der Waals surface area contributed by atoms with Gasteiger partial charge in [-0.25, -0.2) is 4.39 Å². The van der Waals surface area contributed by atoms with E-state index in [-0.39, 0.29) is 11.9 Å². The average Bonchev–Trinajstić information content (AvgIpc) is 2.76. The van der Waals surface area contributed by atoms with Crippen LogP contribution in [0.3, 0.4) is 0 Å². The van der Waals surface area contributed by atoms with E-state index in [0.29, 0.717) is 25.8 Å². The Bertz CT molecular complexity index is 657. The number of nitrogens with zero attached hydrogens (tertiary/aromatic N) is 3. The molecule has 0 amide bonds. The fraction of sp³-hybridized carbons (Fsp3) is 0.696. The molecule has 2 saturated heterocycles. The molecule has 1 atom stereocenters. The largest absolute Gasteiger partial charge is 0.379 e. The summed E-state index contributed by atoms with van der Waals surface area (Å²) in [7, 11) is 0. The predicted molar refractivity (Wildman–Crippen MR) is 120 cm³/mol. The summed E-state index contributed by atoms with van der Waals surface area (Å²) >= 11 is 0. The minimum Gasteiger partial charge on any atom is -0.379 e. The number of hydrogen-bond acceptors (Lipinski definition) is 4. The van der Waals surface area contributed by atoms with Crippen LogP contribution in [0.2, 0.25) is 0 Å². The van der Waals surface area contributed by atoms with Crippen molar-refractivity contribution in [3.05, 3.63) is 35.6 Å². The summed E-state index contributed by atoms with van der Waals surface area (Å²) in [6.45, 7) is 12.3. The molecule has 2 fully saturated rings. The summed E-state index contributed by atoms with van der Waals surface area (Å²) in [6, 6.07) is 7.43. The summed E-state index contributed by atoms with van der Waals surface area (Å²) in [5.41, 5.74) is 0.976. The van der Waals surface area contributed by atoms with Gasteiger partial charge in [0.2, 0.25) is 0 Å². The molecule has 2 heterocycles. The molecular weight excluding hydrogens is 381 g/mol. The fourth-order valence-electron chi connectivity index (χ4n) is 4.34. The van der Waals surface area contributed by atoms with E-state index in [1.165, 1.54) is 19.0 Å². The molecule has 3 rings (SSSR count). The molecule has 2 aliphatic heterocycles. The van der Waals surface area contributed by atoms with Gasteiger partial charge in [0, 0.05) is 38.8 Å². The minimum absolute atomic E-state index is 0.0476. The Morgan fingerprint density at radius 1 is 1.20 bits per heavy atom. The molecule has 0 aromatic heterocycles. The number of ether oxygens (including phenoxy) is 1. The van der Waals surface area contributed by atoms with Crippen molar-refractivity contribution in [1.29, 1.82) is 0 Å². The van der Waals surface area contributed by atoms with Gasteiger partial charge in [-0.2, -0.15) is 0 Å². The second-order valence-corrected chi connectivity index (χ2v) is 8.20. The highest BCUT2D eigenvalue weighted by Crippen LogP contribution is 2.23. The van der Waals surface area contributed by atoms with Crippen molar-refractivity contribution in [2.75, 3.05) is 59.0 Å². The highest BCUT2D eigenvalue weighted by atomic mass is 19.1. The molecule has 1 aromatic carbocycles. The summed E-state index contributed by atoms with van der Waals surface area (Å²) in [4.78, 5) is 9.82. The molecule has 7 heteroatoms. The summed E-state index contributed by atoms with van der Waals surface area (Å²) in [5, 5.41) is 7.03. The number of guanidine groups is 1. The molecule has 2 aliphatic rings. The summed E-state index contributed by atoms with van der Waals surface area (Å²) in [5.74, 6) is 0.666. The lowest BCUT2D eigenvalue weighted by atomic mass is 10.0. The average molecular weight is 420 g/mol. The van der Waals surface area contributed by atoms with E-state index in [2.05, 4.69) is 34.3 Å². The minimum atomic E-state index is -0.196. The van der Waals surface area contributed by atoms with E-state index >= 15 is 0 Å². The Labute approximate surface area is 180 Å². The standard InChI is InChI=1S/C23H38FN5O/c1-3-10-28-11-8-21(9-12-28)27-23(25-4-2)26-18-22(29-13-15-30-16-14-29)19-6-5-7-20(24)17-19/h5-7,17,21-22H,3-4,8-16,18H2,1-2H3,(H2,25,26,27). The van der Waals surface area contributed by atoms with Crippen molar-refractivity contribution in [3.63, 3.8) is 0 Å². The van der Waals surface area contributed by atoms with E-state index in [0.717, 1.165) is 57.1 Å². The first-order valence-electron chi connectivity index (χ1n) is 11.5. The Balaban J connectivity index is 1.66. The van der Waals surface area contributed by atoms with Crippen molar-refractivity contribution in [2.24, 2.45) is 4.99 Å². The molecule has 0 aliphatic carbocycles. The Kier molecular flexibility index (Phi) is 9.36. The first-order valence-corrected chi connectivity index (χ1v) is 11.5. The highest BCUT2D eigenvalue weighted by molar-refractivity contribution is 5.80. The Morgan fingerprint density at radius 3 is 2.63 bits per heavy atom. The van der Waals surface area contributed by atoms with E-state index < -0.39 is 0 Å². The van der Waals surface area contributed by atoms with E-state index in [1.807, 2.05) is 6.07 Å². The highest BCUT2D eigenvalue weighted by Gasteiger charge is 2.24. The fourth-order valence-corrected chi connectivity index (χ4v) is 4.34. The van der Waals surface area contributed by atoms with Gasteiger partial charge in [-0.1, -0.05) is 19.1 Å². The number of aliphatic imine (C=N–C) groups is 1. The lowest BCUT2D eigenvalue weighted by molar-refractivity contribution is 0.0179. The first-order chi connectivity index (χ1) is 14.7. The lowest BCUT2D eigenvalue weighted by Gasteiger charge is -2.35. The third-order valence-corrected chi connectivity index (χ3v) is 5.95. The van der Waals surface area contributed by atoms with Crippen molar-refractivity contribution >= 4 is 5.96 Å². The van der Waals surface area contributed by atoms with E-state index in [9.17, 15) is 4.39 Å². The van der Waals surface area contributed by atoms with Crippen LogP contribution in [-0.2, 0) is 4.74 Å². The van der Waals surface area contributed by atoms with E-state index in [4.69, 9.17) is 9.73 Å². The second-order valence-electron chi connectivity index (χ2n) is 8.20. The molecule has 6 nitrogen and oxygen atoms in total. The predicted octanol–water partition coefficient (Wildman–Crippen LogP) is 2.63. The van der Waals surface area contributed by atoms with Gasteiger partial charge in [0.1, 0.15) is 5.82 Å². The number of likely N-dealkylation sites (tertiary alicyclic amines) is 1. The third-order valence-electron chi connectivity index (χ3n) is 5.95. The third kappa shape index (κ3) is 6.93. The SMILES string of the molecule is CCCN1CCC(NC(=NCC(c2cccc(F)c2)N2CCOCC2)NCC)CC1. The van der Waals surface area contributed by atoms with Crippen molar-refractivity contribution in [1.82, 2.24) is 20.4 Å². The topological polar surface area (TPSA) is 52.1 Å². The van der Waals surface area contributed by atoms with Crippen molar-refractivity contribution in [3.8, 4) is 0 Å². The molecule has 30 heavy (non-hydrogen) atoms. The number of morpholine rings is 1. The monoisotopic (exact) mass is 419 g/mol. The van der Waals surface area contributed by atoms with Crippen molar-refractivity contribution in [2.45, 2.75) is 45.2 Å². The van der Waals surface area contributed by atoms with Crippen molar-refractivity contribution < 1.29 is 9.13 Å². The van der Waals surface area contributed by atoms with Gasteiger partial charge in [-0.3, -0.25) is 9.89 Å². The summed E-state index contributed by atoms with van der Waals surface area (Å²) < 4.78 is 19.4. The van der Waals surface area contributed by atoms with Gasteiger partial charge >= 0.3 is 0 Å². The zero-order valence-electron chi connectivity index (χ0n) is 18.6. The van der Waals surface area contributed by atoms with Gasteiger partial charge < -0.3 is 20.3 Å². The maximum Gasteiger partial charge on any atom is 0.191 e. The Morgan fingerprint density at radius 2 is 1.97 bits per heavy atom. The molecule has 1 unspecified atom stereocenters. The number of piperidine rings is 1. The normalized spacial score (nSPS) is 20.8. The van der Waals surface area contributed by atoms with Crippen LogP contribution in [0.5, 0.6) is 0 Å². The first kappa shape index (κ1) is 23.0. The van der Waals surface area contributed by atoms with Crippen LogP contribution in [0, 0.1) is 5.82 Å². The number of halogens is 1. The van der Waals surface area contributed by atoms with Gasteiger partial charge in [0.15, 0.2) is 5.96 Å². The van der Waals surface area contributed by atoms with Crippen LogP contribution in [0.4, 0.5) is 4.39 Å². The van der Waals surface area contributed by atoms with Crippen LogP contribution in [-0.4, -0.2) is 80.8 Å². The van der Waals surface area contributed by atoms with Crippen LogP contribution in [0.1, 0.15) is 44.7 Å². The molecule has 1 aromatic rings. The quantitative estimate of drug-likeness (QED) is 0.501. The van der Waals surface area contributed by atoms with Gasteiger partial charge in [-0.05, 0) is 50.4 Å². The van der Waals surface area contributed by atoms with Crippen LogP contribution < -0.4 is 10.6 Å². The maximum absolute atomic E-state index is 13.9. The number of hydrogen-bond donors (Lipinski definition) is 2. The van der Waals surface area contributed by atoms with Crippen LogP contribution >= 0.6 is 0 Å². The van der Waals surface area contributed by atoms with Crippen LogP contribution in [0.25, 0.3) is 0 Å². The molecule has 0 radical (unpaired) electrons. The number of benzene rings is 1. The number of nitrogens with one attached hydrogen (secondary N) is 2. The second kappa shape index (κ2) is 12.2. The van der Waals surface area contributed by atoms with Gasteiger partial charge in [-0.15, -0.1) is 0 Å². The summed E-state index contributed by atoms with van der Waals surface area (Å²) in [6.07, 6.45) is 3.49. The molecule has 0 bridgehead atoms. The molecule has 0 spiro atoms. The molecule has 168 valence electrons.